The predicted molar refractivity (Wildman–Crippen MR) is 78.7 cm³/mol. The molecule has 0 radical (unpaired) electrons. The molecule has 112 valence electrons. The van der Waals surface area contributed by atoms with Crippen LogP contribution in [-0.4, -0.2) is 40.0 Å². The van der Waals surface area contributed by atoms with Crippen LogP contribution in [0.3, 0.4) is 0 Å². The van der Waals surface area contributed by atoms with E-state index in [1.54, 1.807) is 17.8 Å². The van der Waals surface area contributed by atoms with Gasteiger partial charge in [0.1, 0.15) is 0 Å². The van der Waals surface area contributed by atoms with Crippen LogP contribution in [0.1, 0.15) is 24.3 Å². The number of hydrogen-bond acceptors (Lipinski definition) is 4. The Morgan fingerprint density at radius 2 is 2.14 bits per heavy atom. The van der Waals surface area contributed by atoms with Crippen molar-refractivity contribution in [2.75, 3.05) is 13.2 Å². The highest BCUT2D eigenvalue weighted by Gasteiger charge is 2.20. The van der Waals surface area contributed by atoms with Crippen LogP contribution in [0.4, 0.5) is 0 Å². The molecule has 0 bridgehead atoms. The Morgan fingerprint density at radius 1 is 1.43 bits per heavy atom. The van der Waals surface area contributed by atoms with Gasteiger partial charge in [0.15, 0.2) is 11.4 Å². The molecule has 1 heterocycles. The monoisotopic (exact) mass is 289 g/mol. The summed E-state index contributed by atoms with van der Waals surface area (Å²) in [5.41, 5.74) is 1.05. The lowest BCUT2D eigenvalue weighted by atomic mass is 10.3. The minimum absolute atomic E-state index is 0.130. The summed E-state index contributed by atoms with van der Waals surface area (Å²) in [6, 6.07) is 9.14. The lowest BCUT2D eigenvalue weighted by Crippen LogP contribution is -2.35. The SMILES string of the molecule is CCOc1cn(-c2ccccc2)nc1C(=O)NC(C)CO. The van der Waals surface area contributed by atoms with Crippen LogP contribution in [-0.2, 0) is 0 Å². The van der Waals surface area contributed by atoms with E-state index in [1.807, 2.05) is 37.3 Å². The summed E-state index contributed by atoms with van der Waals surface area (Å²) < 4.78 is 7.07. The van der Waals surface area contributed by atoms with Crippen molar-refractivity contribution < 1.29 is 14.6 Å². The normalized spacial score (nSPS) is 12.0. The number of carbonyl (C=O) groups excluding carboxylic acids is 1. The first kappa shape index (κ1) is 15.1. The number of nitrogens with zero attached hydrogens (tertiary/aromatic N) is 2. The van der Waals surface area contributed by atoms with Gasteiger partial charge in [0.25, 0.3) is 5.91 Å². The molecule has 0 aliphatic carbocycles. The van der Waals surface area contributed by atoms with Crippen LogP contribution < -0.4 is 10.1 Å². The fraction of sp³-hybridized carbons (Fsp3) is 0.333. The van der Waals surface area contributed by atoms with Crippen molar-refractivity contribution >= 4 is 5.91 Å². The summed E-state index contributed by atoms with van der Waals surface area (Å²) in [5.74, 6) is 0.0543. The molecule has 2 rings (SSSR count). The van der Waals surface area contributed by atoms with Gasteiger partial charge >= 0.3 is 0 Å². The van der Waals surface area contributed by atoms with Crippen LogP contribution in [0.5, 0.6) is 5.75 Å². The van der Waals surface area contributed by atoms with Crippen molar-refractivity contribution in [3.63, 3.8) is 0 Å². The number of hydrogen-bond donors (Lipinski definition) is 2. The zero-order valence-corrected chi connectivity index (χ0v) is 12.1. The Kier molecular flexibility index (Phi) is 4.94. The smallest absolute Gasteiger partial charge is 0.275 e. The Balaban J connectivity index is 2.31. The van der Waals surface area contributed by atoms with Crippen LogP contribution >= 0.6 is 0 Å². The van der Waals surface area contributed by atoms with Gasteiger partial charge in [-0.25, -0.2) is 4.68 Å². The number of rotatable bonds is 6. The number of benzene rings is 1. The molecule has 21 heavy (non-hydrogen) atoms. The van der Waals surface area contributed by atoms with Crippen molar-refractivity contribution in [3.8, 4) is 11.4 Å². The van der Waals surface area contributed by atoms with Crippen molar-refractivity contribution in [2.45, 2.75) is 19.9 Å². The van der Waals surface area contributed by atoms with E-state index in [1.165, 1.54) is 0 Å². The Bertz CT molecular complexity index is 595. The van der Waals surface area contributed by atoms with E-state index >= 15 is 0 Å². The number of para-hydroxylation sites is 1. The molecule has 1 atom stereocenters. The third-order valence-electron chi connectivity index (χ3n) is 2.87. The maximum atomic E-state index is 12.2. The average Bonchev–Trinajstić information content (AvgIpc) is 2.92. The van der Waals surface area contributed by atoms with Crippen LogP contribution in [0.2, 0.25) is 0 Å². The summed E-state index contributed by atoms with van der Waals surface area (Å²) in [7, 11) is 0. The van der Waals surface area contributed by atoms with Gasteiger partial charge in [-0.2, -0.15) is 5.10 Å². The van der Waals surface area contributed by atoms with Gasteiger partial charge in [-0.05, 0) is 26.0 Å². The van der Waals surface area contributed by atoms with E-state index in [2.05, 4.69) is 10.4 Å². The third kappa shape index (κ3) is 3.61. The van der Waals surface area contributed by atoms with Crippen LogP contribution in [0.25, 0.3) is 5.69 Å². The number of ether oxygens (including phenoxy) is 1. The quantitative estimate of drug-likeness (QED) is 0.842. The number of carbonyl (C=O) groups is 1. The van der Waals surface area contributed by atoms with Crippen molar-refractivity contribution in [2.24, 2.45) is 0 Å². The Labute approximate surface area is 123 Å². The van der Waals surface area contributed by atoms with Gasteiger partial charge in [0, 0.05) is 6.04 Å². The number of aromatic nitrogens is 2. The van der Waals surface area contributed by atoms with Gasteiger partial charge in [-0.15, -0.1) is 0 Å². The molecule has 6 nitrogen and oxygen atoms in total. The minimum Gasteiger partial charge on any atom is -0.490 e. The molecule has 2 aromatic rings. The zero-order chi connectivity index (χ0) is 15.2. The molecule has 1 aromatic carbocycles. The molecule has 0 saturated carbocycles. The maximum Gasteiger partial charge on any atom is 0.275 e. The summed E-state index contributed by atoms with van der Waals surface area (Å²) >= 11 is 0. The highest BCUT2D eigenvalue weighted by atomic mass is 16.5. The molecule has 0 aliphatic rings. The molecule has 0 spiro atoms. The number of amides is 1. The van der Waals surface area contributed by atoms with E-state index in [4.69, 9.17) is 9.84 Å². The molecule has 0 saturated heterocycles. The summed E-state index contributed by atoms with van der Waals surface area (Å²) in [6.45, 7) is 3.87. The molecular weight excluding hydrogens is 270 g/mol. The van der Waals surface area contributed by atoms with Crippen LogP contribution in [0, 0.1) is 0 Å². The third-order valence-corrected chi connectivity index (χ3v) is 2.87. The van der Waals surface area contributed by atoms with Gasteiger partial charge in [-0.1, -0.05) is 18.2 Å². The minimum atomic E-state index is -0.366. The first-order valence-corrected chi connectivity index (χ1v) is 6.85. The highest BCUT2D eigenvalue weighted by Crippen LogP contribution is 2.20. The van der Waals surface area contributed by atoms with Gasteiger partial charge in [0.05, 0.1) is 25.1 Å². The summed E-state index contributed by atoms with van der Waals surface area (Å²) in [6.07, 6.45) is 1.68. The number of aliphatic hydroxyl groups excluding tert-OH is 1. The lowest BCUT2D eigenvalue weighted by Gasteiger charge is -2.10. The lowest BCUT2D eigenvalue weighted by molar-refractivity contribution is 0.0913. The molecule has 1 unspecified atom stereocenters. The first-order valence-electron chi connectivity index (χ1n) is 6.85. The van der Waals surface area contributed by atoms with Crippen LogP contribution in [0.15, 0.2) is 36.5 Å². The van der Waals surface area contributed by atoms with Gasteiger partial charge in [0.2, 0.25) is 0 Å². The molecular formula is C15H19N3O3. The molecule has 1 aromatic heterocycles. The highest BCUT2D eigenvalue weighted by molar-refractivity contribution is 5.95. The fourth-order valence-electron chi connectivity index (χ4n) is 1.83. The second-order valence-electron chi connectivity index (χ2n) is 4.61. The first-order chi connectivity index (χ1) is 10.2. The van der Waals surface area contributed by atoms with E-state index in [0.29, 0.717) is 12.4 Å². The second-order valence-corrected chi connectivity index (χ2v) is 4.61. The molecule has 1 amide bonds. The zero-order valence-electron chi connectivity index (χ0n) is 12.1. The predicted octanol–water partition coefficient (Wildman–Crippen LogP) is 1.38. The molecule has 6 heteroatoms. The second kappa shape index (κ2) is 6.90. The fourth-order valence-corrected chi connectivity index (χ4v) is 1.83. The molecule has 0 aliphatic heterocycles. The molecule has 2 N–H and O–H groups in total. The Morgan fingerprint density at radius 3 is 2.76 bits per heavy atom. The average molecular weight is 289 g/mol. The van der Waals surface area contributed by atoms with E-state index in [0.717, 1.165) is 5.69 Å². The summed E-state index contributed by atoms with van der Waals surface area (Å²) in [5, 5.41) is 16.0. The van der Waals surface area contributed by atoms with Crippen molar-refractivity contribution in [1.29, 1.82) is 0 Å². The van der Waals surface area contributed by atoms with E-state index < -0.39 is 0 Å². The number of aliphatic hydroxyl groups is 1. The standard InChI is InChI=1S/C15H19N3O3/c1-3-21-13-9-18(12-7-5-4-6-8-12)17-14(13)15(20)16-11(2)10-19/h4-9,11,19H,3,10H2,1-2H3,(H,16,20). The van der Waals surface area contributed by atoms with E-state index in [-0.39, 0.29) is 24.2 Å². The Hall–Kier alpha value is -2.34. The van der Waals surface area contributed by atoms with Gasteiger partial charge in [-0.3, -0.25) is 4.79 Å². The topological polar surface area (TPSA) is 76.4 Å². The number of nitrogens with one attached hydrogen (secondary N) is 1. The molecule has 0 fully saturated rings. The van der Waals surface area contributed by atoms with E-state index in [9.17, 15) is 4.79 Å². The van der Waals surface area contributed by atoms with Crippen molar-refractivity contribution in [1.82, 2.24) is 15.1 Å². The van der Waals surface area contributed by atoms with Crippen molar-refractivity contribution in [3.05, 3.63) is 42.2 Å². The largest absolute Gasteiger partial charge is 0.490 e. The summed E-state index contributed by atoms with van der Waals surface area (Å²) in [4.78, 5) is 12.2. The maximum absolute atomic E-state index is 12.2. The van der Waals surface area contributed by atoms with Gasteiger partial charge < -0.3 is 15.2 Å².